The van der Waals surface area contributed by atoms with Gasteiger partial charge in [-0.2, -0.15) is 5.10 Å². The van der Waals surface area contributed by atoms with Crippen LogP contribution in [0.5, 0.6) is 0 Å². The van der Waals surface area contributed by atoms with Crippen LogP contribution >= 0.6 is 0 Å². The highest BCUT2D eigenvalue weighted by molar-refractivity contribution is 5.81. The second-order valence-electron chi connectivity index (χ2n) is 5.04. The van der Waals surface area contributed by atoms with Crippen LogP contribution in [0.4, 0.5) is 0 Å². The number of benzene rings is 1. The lowest BCUT2D eigenvalue weighted by molar-refractivity contribution is 0.0555. The molecule has 98 valence electrons. The highest BCUT2D eigenvalue weighted by Gasteiger charge is 2.17. The fourth-order valence-corrected chi connectivity index (χ4v) is 1.99. The predicted octanol–water partition coefficient (Wildman–Crippen LogP) is 1.82. The first kappa shape index (κ1) is 13.1. The number of hydrogen-bond acceptors (Lipinski definition) is 3. The van der Waals surface area contributed by atoms with Crippen LogP contribution in [0.3, 0.4) is 0 Å². The number of fused-ring (bicyclic) bond motifs is 1. The lowest BCUT2D eigenvalue weighted by Crippen LogP contribution is -2.36. The molecule has 0 spiro atoms. The van der Waals surface area contributed by atoms with E-state index in [1.165, 1.54) is 5.39 Å². The summed E-state index contributed by atoms with van der Waals surface area (Å²) in [5, 5.41) is 18.9. The summed E-state index contributed by atoms with van der Waals surface area (Å²) < 4.78 is 1.89. The lowest BCUT2D eigenvalue weighted by Gasteiger charge is -2.21. The van der Waals surface area contributed by atoms with Crippen LogP contribution in [-0.2, 0) is 13.6 Å². The summed E-state index contributed by atoms with van der Waals surface area (Å²) in [5.41, 5.74) is 1.52. The van der Waals surface area contributed by atoms with E-state index in [1.54, 1.807) is 0 Å². The maximum Gasteiger partial charge on any atom is 0.0841 e. The fourth-order valence-electron chi connectivity index (χ4n) is 1.99. The van der Waals surface area contributed by atoms with Crippen LogP contribution in [0, 0.1) is 0 Å². The van der Waals surface area contributed by atoms with Gasteiger partial charge in [0.25, 0.3) is 0 Å². The van der Waals surface area contributed by atoms with Crippen LogP contribution in [-0.4, -0.2) is 27.0 Å². The maximum absolute atomic E-state index is 9.93. The Morgan fingerprint density at radius 3 is 2.83 bits per heavy atom. The van der Waals surface area contributed by atoms with E-state index in [2.05, 4.69) is 22.5 Å². The SMILES string of the molecule is CCC(C)(O)CNCc1nn(C)c2ccccc12. The molecular weight excluding hydrogens is 226 g/mol. The molecule has 1 atom stereocenters. The minimum atomic E-state index is -0.648. The van der Waals surface area contributed by atoms with Gasteiger partial charge in [-0.3, -0.25) is 4.68 Å². The van der Waals surface area contributed by atoms with E-state index in [4.69, 9.17) is 0 Å². The highest BCUT2D eigenvalue weighted by atomic mass is 16.3. The molecule has 18 heavy (non-hydrogen) atoms. The first-order valence-electron chi connectivity index (χ1n) is 6.37. The smallest absolute Gasteiger partial charge is 0.0841 e. The minimum Gasteiger partial charge on any atom is -0.389 e. The second-order valence-corrected chi connectivity index (χ2v) is 5.04. The van der Waals surface area contributed by atoms with Gasteiger partial charge < -0.3 is 10.4 Å². The molecule has 2 N–H and O–H groups in total. The number of nitrogens with zero attached hydrogens (tertiary/aromatic N) is 2. The van der Waals surface area contributed by atoms with Crippen molar-refractivity contribution in [2.24, 2.45) is 7.05 Å². The fraction of sp³-hybridized carbons (Fsp3) is 0.500. The monoisotopic (exact) mass is 247 g/mol. The summed E-state index contributed by atoms with van der Waals surface area (Å²) in [6, 6.07) is 8.18. The molecular formula is C14H21N3O. The Labute approximate surface area is 108 Å². The van der Waals surface area contributed by atoms with Crippen molar-refractivity contribution in [3.63, 3.8) is 0 Å². The molecule has 1 heterocycles. The largest absolute Gasteiger partial charge is 0.389 e. The number of aromatic nitrogens is 2. The van der Waals surface area contributed by atoms with Gasteiger partial charge in [0.1, 0.15) is 0 Å². The van der Waals surface area contributed by atoms with Crippen LogP contribution in [0.1, 0.15) is 26.0 Å². The summed E-state index contributed by atoms with van der Waals surface area (Å²) in [4.78, 5) is 0. The molecule has 0 radical (unpaired) electrons. The van der Waals surface area contributed by atoms with E-state index >= 15 is 0 Å². The molecule has 2 aromatic rings. The molecule has 0 aliphatic heterocycles. The second kappa shape index (κ2) is 5.08. The van der Waals surface area contributed by atoms with Gasteiger partial charge in [-0.15, -0.1) is 0 Å². The molecule has 4 heteroatoms. The normalized spacial score (nSPS) is 14.9. The van der Waals surface area contributed by atoms with Crippen LogP contribution < -0.4 is 5.32 Å². The van der Waals surface area contributed by atoms with Gasteiger partial charge in [0.05, 0.1) is 16.8 Å². The summed E-state index contributed by atoms with van der Waals surface area (Å²) >= 11 is 0. The van der Waals surface area contributed by atoms with Crippen molar-refractivity contribution in [2.75, 3.05) is 6.54 Å². The van der Waals surface area contributed by atoms with Crippen LogP contribution in [0.25, 0.3) is 10.9 Å². The van der Waals surface area contributed by atoms with Crippen molar-refractivity contribution >= 4 is 10.9 Å². The molecule has 0 bridgehead atoms. The third kappa shape index (κ3) is 2.71. The third-order valence-electron chi connectivity index (χ3n) is 3.39. The molecule has 0 fully saturated rings. The molecule has 0 aliphatic carbocycles. The lowest BCUT2D eigenvalue weighted by atomic mass is 10.0. The zero-order valence-corrected chi connectivity index (χ0v) is 11.3. The molecule has 4 nitrogen and oxygen atoms in total. The molecule has 0 aliphatic rings. The van der Waals surface area contributed by atoms with E-state index in [-0.39, 0.29) is 0 Å². The van der Waals surface area contributed by atoms with Crippen molar-refractivity contribution in [1.29, 1.82) is 0 Å². The summed E-state index contributed by atoms with van der Waals surface area (Å²) in [6.45, 7) is 5.08. The number of aryl methyl sites for hydroxylation is 1. The molecule has 0 saturated heterocycles. The first-order chi connectivity index (χ1) is 8.53. The molecule has 1 aromatic carbocycles. The molecule has 1 unspecified atom stereocenters. The third-order valence-corrected chi connectivity index (χ3v) is 3.39. The van der Waals surface area contributed by atoms with E-state index in [1.807, 2.05) is 37.7 Å². The molecule has 0 amide bonds. The zero-order chi connectivity index (χ0) is 13.2. The van der Waals surface area contributed by atoms with Crippen molar-refractivity contribution < 1.29 is 5.11 Å². The Bertz CT molecular complexity index is 531. The minimum absolute atomic E-state index is 0.578. The van der Waals surface area contributed by atoms with Gasteiger partial charge in [-0.25, -0.2) is 0 Å². The van der Waals surface area contributed by atoms with Gasteiger partial charge >= 0.3 is 0 Å². The van der Waals surface area contributed by atoms with E-state index < -0.39 is 5.60 Å². The average molecular weight is 247 g/mol. The van der Waals surface area contributed by atoms with Crippen molar-refractivity contribution in [2.45, 2.75) is 32.4 Å². The van der Waals surface area contributed by atoms with Gasteiger partial charge in [-0.05, 0) is 19.4 Å². The Balaban J connectivity index is 2.09. The van der Waals surface area contributed by atoms with Crippen LogP contribution in [0.15, 0.2) is 24.3 Å². The number of para-hydroxylation sites is 1. The zero-order valence-electron chi connectivity index (χ0n) is 11.3. The van der Waals surface area contributed by atoms with Gasteiger partial charge in [0.15, 0.2) is 0 Å². The van der Waals surface area contributed by atoms with Crippen molar-refractivity contribution in [1.82, 2.24) is 15.1 Å². The summed E-state index contributed by atoms with van der Waals surface area (Å²) in [5.74, 6) is 0. The number of rotatable bonds is 5. The first-order valence-corrected chi connectivity index (χ1v) is 6.37. The van der Waals surface area contributed by atoms with Gasteiger partial charge in [0, 0.05) is 25.5 Å². The van der Waals surface area contributed by atoms with Gasteiger partial charge in [0.2, 0.25) is 0 Å². The maximum atomic E-state index is 9.93. The summed E-state index contributed by atoms with van der Waals surface area (Å²) in [6.07, 6.45) is 0.739. The van der Waals surface area contributed by atoms with E-state index in [9.17, 15) is 5.11 Å². The van der Waals surface area contributed by atoms with Crippen molar-refractivity contribution in [3.05, 3.63) is 30.0 Å². The molecule has 1 aromatic heterocycles. The Kier molecular flexibility index (Phi) is 3.68. The Hall–Kier alpha value is -1.39. The van der Waals surface area contributed by atoms with E-state index in [0.717, 1.165) is 17.6 Å². The Morgan fingerprint density at radius 2 is 2.11 bits per heavy atom. The molecule has 0 saturated carbocycles. The molecule has 2 rings (SSSR count). The topological polar surface area (TPSA) is 50.1 Å². The van der Waals surface area contributed by atoms with E-state index in [0.29, 0.717) is 13.1 Å². The van der Waals surface area contributed by atoms with Gasteiger partial charge in [-0.1, -0.05) is 25.1 Å². The number of nitrogens with one attached hydrogen (secondary N) is 1. The van der Waals surface area contributed by atoms with Crippen LogP contribution in [0.2, 0.25) is 0 Å². The van der Waals surface area contributed by atoms with Crippen molar-refractivity contribution in [3.8, 4) is 0 Å². The highest BCUT2D eigenvalue weighted by Crippen LogP contribution is 2.17. The quantitative estimate of drug-likeness (QED) is 0.847. The number of hydrogen-bond donors (Lipinski definition) is 2. The Morgan fingerprint density at radius 1 is 1.39 bits per heavy atom. The predicted molar refractivity (Wildman–Crippen MR) is 73.3 cm³/mol. The standard InChI is InChI=1S/C14H21N3O/c1-4-14(2,18)10-15-9-12-11-7-5-6-8-13(11)17(3)16-12/h5-8,15,18H,4,9-10H2,1-3H3. The summed E-state index contributed by atoms with van der Waals surface area (Å²) in [7, 11) is 1.95. The average Bonchev–Trinajstić information content (AvgIpc) is 2.67. The number of aliphatic hydroxyl groups is 1.